The van der Waals surface area contributed by atoms with Crippen molar-refractivity contribution in [2.75, 3.05) is 12.0 Å². The molecule has 0 saturated carbocycles. The molecule has 1 amide bonds. The zero-order valence-electron chi connectivity index (χ0n) is 17.0. The number of ether oxygens (including phenoxy) is 1. The lowest BCUT2D eigenvalue weighted by Crippen LogP contribution is -2.29. The lowest BCUT2D eigenvalue weighted by atomic mass is 9.95. The molecule has 1 unspecified atom stereocenters. The number of amides is 1. The number of carbonyl (C=O) groups excluding carboxylic acids is 2. The molecule has 1 fully saturated rings. The molecule has 1 N–H and O–H groups in total. The summed E-state index contributed by atoms with van der Waals surface area (Å²) in [5.41, 5.74) is 0.717. The number of halogens is 4. The smallest absolute Gasteiger partial charge is 0.300 e. The van der Waals surface area contributed by atoms with Gasteiger partial charge in [-0.1, -0.05) is 46.9 Å². The summed E-state index contributed by atoms with van der Waals surface area (Å²) in [7, 11) is 1.44. The zero-order chi connectivity index (χ0) is 23.9. The van der Waals surface area contributed by atoms with Crippen LogP contribution < -0.4 is 9.64 Å². The van der Waals surface area contributed by atoms with Crippen LogP contribution in [-0.4, -0.2) is 23.9 Å². The molecule has 33 heavy (non-hydrogen) atoms. The first-order valence-corrected chi connectivity index (χ1v) is 10.7. The third kappa shape index (κ3) is 4.17. The summed E-state index contributed by atoms with van der Waals surface area (Å²) in [6.07, 6.45) is 0. The van der Waals surface area contributed by atoms with Gasteiger partial charge >= 0.3 is 0 Å². The van der Waals surface area contributed by atoms with Crippen molar-refractivity contribution in [3.8, 4) is 5.75 Å². The first-order valence-electron chi connectivity index (χ1n) is 9.58. The normalized spacial score (nSPS) is 17.5. The van der Waals surface area contributed by atoms with E-state index in [2.05, 4.69) is 0 Å². The number of anilines is 1. The number of hydrogen-bond donors (Lipinski definition) is 1. The number of methoxy groups -OCH3 is 1. The average Bonchev–Trinajstić information content (AvgIpc) is 3.06. The van der Waals surface area contributed by atoms with Gasteiger partial charge in [0, 0.05) is 11.3 Å². The van der Waals surface area contributed by atoms with E-state index >= 15 is 0 Å². The largest absolute Gasteiger partial charge is 0.507 e. The maximum Gasteiger partial charge on any atom is 0.300 e. The predicted molar refractivity (Wildman–Crippen MR) is 126 cm³/mol. The van der Waals surface area contributed by atoms with Gasteiger partial charge in [0.1, 0.15) is 17.3 Å². The Morgan fingerprint density at radius 3 is 2.24 bits per heavy atom. The van der Waals surface area contributed by atoms with Crippen molar-refractivity contribution in [2.45, 2.75) is 6.04 Å². The van der Waals surface area contributed by atoms with Crippen molar-refractivity contribution in [3.63, 3.8) is 0 Å². The van der Waals surface area contributed by atoms with Crippen LogP contribution in [0.2, 0.25) is 15.1 Å². The Hall–Kier alpha value is -3.06. The van der Waals surface area contributed by atoms with Crippen LogP contribution in [0.1, 0.15) is 17.2 Å². The molecule has 0 radical (unpaired) electrons. The van der Waals surface area contributed by atoms with Crippen molar-refractivity contribution in [1.29, 1.82) is 0 Å². The SMILES string of the molecule is COc1ccc(/C(O)=C2\C(=O)C(=O)N(c3ccc(Cl)c(Cl)c3)C2c2ccc(F)cc2)cc1Cl. The van der Waals surface area contributed by atoms with Crippen LogP contribution in [0.3, 0.4) is 0 Å². The Morgan fingerprint density at radius 1 is 0.939 bits per heavy atom. The van der Waals surface area contributed by atoms with E-state index < -0.39 is 29.3 Å². The highest BCUT2D eigenvalue weighted by Crippen LogP contribution is 2.43. The summed E-state index contributed by atoms with van der Waals surface area (Å²) in [5, 5.41) is 11.8. The molecule has 9 heteroatoms. The molecule has 0 spiro atoms. The fraction of sp³-hybridized carbons (Fsp3) is 0.0833. The fourth-order valence-electron chi connectivity index (χ4n) is 3.66. The second-order valence-corrected chi connectivity index (χ2v) is 8.39. The topological polar surface area (TPSA) is 66.8 Å². The lowest BCUT2D eigenvalue weighted by Gasteiger charge is -2.25. The maximum absolute atomic E-state index is 13.6. The first kappa shape index (κ1) is 23.1. The van der Waals surface area contributed by atoms with E-state index in [4.69, 9.17) is 39.5 Å². The van der Waals surface area contributed by atoms with Crippen molar-refractivity contribution < 1.29 is 23.8 Å². The van der Waals surface area contributed by atoms with Gasteiger partial charge in [-0.15, -0.1) is 0 Å². The van der Waals surface area contributed by atoms with Gasteiger partial charge in [-0.25, -0.2) is 4.39 Å². The standard InChI is InChI=1S/C24H15Cl3FNO4/c1-33-19-9-4-13(10-18(19)27)22(30)20-21(12-2-5-14(28)6-3-12)29(24(32)23(20)31)15-7-8-16(25)17(26)11-15/h2-11,21,30H,1H3/b22-20+. The van der Waals surface area contributed by atoms with Crippen LogP contribution in [0.15, 0.2) is 66.2 Å². The van der Waals surface area contributed by atoms with Crippen LogP contribution in [0, 0.1) is 5.82 Å². The van der Waals surface area contributed by atoms with E-state index in [-0.39, 0.29) is 31.9 Å². The molecule has 1 aliphatic heterocycles. The molecular formula is C24H15Cl3FNO4. The van der Waals surface area contributed by atoms with Crippen molar-refractivity contribution >= 4 is 57.9 Å². The number of aliphatic hydroxyl groups is 1. The molecule has 3 aromatic carbocycles. The molecule has 4 rings (SSSR count). The summed E-state index contributed by atoms with van der Waals surface area (Å²) in [5.74, 6) is -2.36. The second kappa shape index (κ2) is 9.06. The van der Waals surface area contributed by atoms with Crippen molar-refractivity contribution in [3.05, 3.63) is 98.2 Å². The Balaban J connectivity index is 1.94. The molecule has 5 nitrogen and oxygen atoms in total. The number of Topliss-reactive ketones (excluding diaryl/α,β-unsaturated/α-hetero) is 1. The number of rotatable bonds is 4. The highest BCUT2D eigenvalue weighted by atomic mass is 35.5. The maximum atomic E-state index is 13.6. The van der Waals surface area contributed by atoms with Gasteiger partial charge in [0.05, 0.1) is 33.8 Å². The van der Waals surface area contributed by atoms with Gasteiger partial charge in [0.15, 0.2) is 0 Å². The molecule has 1 saturated heterocycles. The minimum absolute atomic E-state index is 0.177. The molecule has 1 heterocycles. The van der Waals surface area contributed by atoms with Crippen molar-refractivity contribution in [2.24, 2.45) is 0 Å². The number of carbonyl (C=O) groups is 2. The lowest BCUT2D eigenvalue weighted by molar-refractivity contribution is -0.132. The minimum atomic E-state index is -1.05. The van der Waals surface area contributed by atoms with E-state index in [0.717, 1.165) is 0 Å². The van der Waals surface area contributed by atoms with Crippen LogP contribution in [0.5, 0.6) is 5.75 Å². The summed E-state index contributed by atoms with van der Waals surface area (Å²) in [6, 6.07) is 13.1. The number of nitrogens with zero attached hydrogens (tertiary/aromatic N) is 1. The van der Waals surface area contributed by atoms with E-state index in [9.17, 15) is 19.1 Å². The highest BCUT2D eigenvalue weighted by Gasteiger charge is 2.47. The Morgan fingerprint density at radius 2 is 1.64 bits per heavy atom. The second-order valence-electron chi connectivity index (χ2n) is 7.17. The van der Waals surface area contributed by atoms with Gasteiger partial charge < -0.3 is 9.84 Å². The third-order valence-corrected chi connectivity index (χ3v) is 6.27. The Bertz CT molecular complexity index is 1310. The number of hydrogen-bond acceptors (Lipinski definition) is 4. The predicted octanol–water partition coefficient (Wildman–Crippen LogP) is 6.42. The van der Waals surface area contributed by atoms with Gasteiger partial charge in [-0.2, -0.15) is 0 Å². The van der Waals surface area contributed by atoms with Gasteiger partial charge in [0.25, 0.3) is 11.7 Å². The van der Waals surface area contributed by atoms with E-state index in [1.807, 2.05) is 0 Å². The quantitative estimate of drug-likeness (QED) is 0.252. The van der Waals surface area contributed by atoms with Gasteiger partial charge in [-0.05, 0) is 54.1 Å². The van der Waals surface area contributed by atoms with E-state index in [0.29, 0.717) is 11.3 Å². The van der Waals surface area contributed by atoms with E-state index in [1.165, 1.54) is 72.7 Å². The number of benzene rings is 3. The first-order chi connectivity index (χ1) is 15.7. The third-order valence-electron chi connectivity index (χ3n) is 5.24. The summed E-state index contributed by atoms with van der Waals surface area (Å²) < 4.78 is 18.7. The highest BCUT2D eigenvalue weighted by molar-refractivity contribution is 6.52. The fourth-order valence-corrected chi connectivity index (χ4v) is 4.21. The molecule has 1 atom stereocenters. The summed E-state index contributed by atoms with van der Waals surface area (Å²) in [6.45, 7) is 0. The molecule has 1 aliphatic rings. The Labute approximate surface area is 203 Å². The minimum Gasteiger partial charge on any atom is -0.507 e. The monoisotopic (exact) mass is 505 g/mol. The molecule has 0 bridgehead atoms. The molecule has 0 aliphatic carbocycles. The van der Waals surface area contributed by atoms with E-state index in [1.54, 1.807) is 0 Å². The Kier molecular flexibility index (Phi) is 6.34. The summed E-state index contributed by atoms with van der Waals surface area (Å²) in [4.78, 5) is 27.4. The number of ketones is 1. The zero-order valence-corrected chi connectivity index (χ0v) is 19.2. The molecule has 3 aromatic rings. The van der Waals surface area contributed by atoms with Crippen LogP contribution in [0.25, 0.3) is 5.76 Å². The van der Waals surface area contributed by atoms with Gasteiger partial charge in [-0.3, -0.25) is 14.5 Å². The van der Waals surface area contributed by atoms with Crippen LogP contribution in [-0.2, 0) is 9.59 Å². The molecule has 0 aromatic heterocycles. The van der Waals surface area contributed by atoms with Gasteiger partial charge in [0.2, 0.25) is 0 Å². The van der Waals surface area contributed by atoms with Crippen LogP contribution >= 0.6 is 34.8 Å². The molecule has 168 valence electrons. The van der Waals surface area contributed by atoms with Crippen molar-refractivity contribution in [1.82, 2.24) is 0 Å². The number of aliphatic hydroxyl groups excluding tert-OH is 1. The average molecular weight is 507 g/mol. The van der Waals surface area contributed by atoms with Crippen LogP contribution in [0.4, 0.5) is 10.1 Å². The summed E-state index contributed by atoms with van der Waals surface area (Å²) >= 11 is 18.3. The molecular weight excluding hydrogens is 492 g/mol.